The van der Waals surface area contributed by atoms with Crippen LogP contribution in [0.2, 0.25) is 0 Å². The Kier molecular flexibility index (Phi) is 9.06. The summed E-state index contributed by atoms with van der Waals surface area (Å²) in [7, 11) is 0. The summed E-state index contributed by atoms with van der Waals surface area (Å²) in [6.45, 7) is 6.82. The molecule has 3 amide bonds. The van der Waals surface area contributed by atoms with Gasteiger partial charge in [-0.25, -0.2) is 14.6 Å². The van der Waals surface area contributed by atoms with Crippen LogP contribution in [0, 0.1) is 12.8 Å². The van der Waals surface area contributed by atoms with Gasteiger partial charge in [0.1, 0.15) is 5.82 Å². The van der Waals surface area contributed by atoms with Crippen LogP contribution in [0.4, 0.5) is 4.79 Å². The van der Waals surface area contributed by atoms with Crippen molar-refractivity contribution in [3.63, 3.8) is 0 Å². The van der Waals surface area contributed by atoms with Crippen molar-refractivity contribution in [1.82, 2.24) is 24.8 Å². The smallest absolute Gasteiger partial charge is 0.356 e. The predicted molar refractivity (Wildman–Crippen MR) is 149 cm³/mol. The number of carbonyl (C=O) groups excluding carboxylic acids is 2. The normalized spacial score (nSPS) is 15.8. The molecule has 0 radical (unpaired) electrons. The number of carbonyl (C=O) groups is 3. The van der Waals surface area contributed by atoms with E-state index in [-0.39, 0.29) is 24.1 Å². The van der Waals surface area contributed by atoms with Crippen LogP contribution in [0.15, 0.2) is 30.5 Å². The number of aryl methyl sites for hydroxylation is 1. The number of fused-ring (bicyclic) bond motifs is 1. The van der Waals surface area contributed by atoms with Gasteiger partial charge < -0.3 is 25.7 Å². The number of aromatic nitrogens is 3. The van der Waals surface area contributed by atoms with Crippen LogP contribution >= 0.6 is 0 Å². The van der Waals surface area contributed by atoms with Crippen molar-refractivity contribution in [1.29, 1.82) is 0 Å². The molecule has 2 aromatic heterocycles. The molecule has 1 aromatic carbocycles. The number of carboxylic acid groups (broad SMARTS) is 1. The number of rotatable bonds is 9. The number of aromatic carboxylic acids is 1. The molecule has 2 atom stereocenters. The third-order valence-corrected chi connectivity index (χ3v) is 7.42. The largest absolute Gasteiger partial charge is 0.476 e. The van der Waals surface area contributed by atoms with Crippen molar-refractivity contribution in [2.24, 2.45) is 11.7 Å². The van der Waals surface area contributed by atoms with Crippen molar-refractivity contribution in [2.45, 2.75) is 77.8 Å². The molecule has 0 spiro atoms. The number of nitrogens with two attached hydrogens (primary N) is 1. The van der Waals surface area contributed by atoms with Gasteiger partial charge in [-0.15, -0.1) is 0 Å². The molecule has 210 valence electrons. The maximum absolute atomic E-state index is 14.1. The number of hydrogen-bond acceptors (Lipinski definition) is 5. The van der Waals surface area contributed by atoms with E-state index in [4.69, 9.17) is 5.73 Å². The number of H-pyrrole nitrogens is 2. The first-order valence-electron chi connectivity index (χ1n) is 13.9. The molecule has 1 aliphatic rings. The van der Waals surface area contributed by atoms with Gasteiger partial charge in [0, 0.05) is 42.3 Å². The first-order chi connectivity index (χ1) is 18.7. The van der Waals surface area contributed by atoms with Crippen LogP contribution in [0.3, 0.4) is 0 Å². The lowest BCUT2D eigenvalue weighted by atomic mass is 9.98. The van der Waals surface area contributed by atoms with Crippen LogP contribution in [0.25, 0.3) is 10.9 Å². The maximum Gasteiger partial charge on any atom is 0.356 e. The molecular formula is C29H40N6O4. The summed E-state index contributed by atoms with van der Waals surface area (Å²) in [6, 6.07) is 6.08. The second-order valence-corrected chi connectivity index (χ2v) is 11.0. The Morgan fingerprint density at radius 2 is 1.79 bits per heavy atom. The van der Waals surface area contributed by atoms with Crippen LogP contribution in [-0.4, -0.2) is 72.9 Å². The Labute approximate surface area is 229 Å². The van der Waals surface area contributed by atoms with E-state index in [1.807, 2.05) is 44.3 Å². The Bertz CT molecular complexity index is 1300. The molecule has 1 fully saturated rings. The number of carboxylic acids is 1. The average molecular weight is 537 g/mol. The average Bonchev–Trinajstić information content (AvgIpc) is 3.34. The third kappa shape index (κ3) is 6.68. The summed E-state index contributed by atoms with van der Waals surface area (Å²) < 4.78 is 0. The minimum atomic E-state index is -1.13. The van der Waals surface area contributed by atoms with Crippen LogP contribution in [0.5, 0.6) is 0 Å². The number of likely N-dealkylation sites (tertiary alicyclic amines) is 1. The zero-order chi connectivity index (χ0) is 28.1. The Balaban J connectivity index is 1.76. The topological polar surface area (TPSA) is 148 Å². The van der Waals surface area contributed by atoms with E-state index >= 15 is 0 Å². The van der Waals surface area contributed by atoms with E-state index in [0.29, 0.717) is 37.4 Å². The molecule has 10 heteroatoms. The number of urea groups is 1. The van der Waals surface area contributed by atoms with E-state index in [2.05, 4.69) is 15.0 Å². The SMILES string of the molecule is Cc1[nH]c(C[C@@H](Cc2c[nH]c3ccccc23)N(C(=O)[C@@H](N)CC(C)C)C(=O)N2CCCCCC2)nc1C(=O)O. The van der Waals surface area contributed by atoms with Crippen molar-refractivity contribution in [2.75, 3.05) is 13.1 Å². The second kappa shape index (κ2) is 12.5. The van der Waals surface area contributed by atoms with E-state index in [0.717, 1.165) is 42.1 Å². The lowest BCUT2D eigenvalue weighted by molar-refractivity contribution is -0.132. The van der Waals surface area contributed by atoms with Gasteiger partial charge in [-0.1, -0.05) is 44.9 Å². The lowest BCUT2D eigenvalue weighted by Gasteiger charge is -2.36. The van der Waals surface area contributed by atoms with Crippen LogP contribution < -0.4 is 5.73 Å². The number of amides is 3. The minimum Gasteiger partial charge on any atom is -0.476 e. The first kappa shape index (κ1) is 28.4. The highest BCUT2D eigenvalue weighted by atomic mass is 16.4. The molecule has 0 unspecified atom stereocenters. The molecule has 10 nitrogen and oxygen atoms in total. The Morgan fingerprint density at radius 3 is 2.44 bits per heavy atom. The highest BCUT2D eigenvalue weighted by molar-refractivity contribution is 5.97. The zero-order valence-corrected chi connectivity index (χ0v) is 23.1. The number of imide groups is 1. The van der Waals surface area contributed by atoms with Crippen molar-refractivity contribution < 1.29 is 19.5 Å². The van der Waals surface area contributed by atoms with Gasteiger partial charge in [0.25, 0.3) is 0 Å². The van der Waals surface area contributed by atoms with Crippen LogP contribution in [-0.2, 0) is 17.6 Å². The molecule has 0 saturated carbocycles. The van der Waals surface area contributed by atoms with E-state index in [9.17, 15) is 19.5 Å². The lowest BCUT2D eigenvalue weighted by Crippen LogP contribution is -2.57. The zero-order valence-electron chi connectivity index (χ0n) is 23.1. The quantitative estimate of drug-likeness (QED) is 0.321. The molecular weight excluding hydrogens is 496 g/mol. The number of imidazole rings is 1. The number of benzene rings is 1. The molecule has 39 heavy (non-hydrogen) atoms. The predicted octanol–water partition coefficient (Wildman–Crippen LogP) is 4.25. The molecule has 0 aliphatic carbocycles. The first-order valence-corrected chi connectivity index (χ1v) is 13.9. The summed E-state index contributed by atoms with van der Waals surface area (Å²) in [6.07, 6.45) is 6.77. The fourth-order valence-corrected chi connectivity index (χ4v) is 5.49. The molecule has 0 bridgehead atoms. The summed E-state index contributed by atoms with van der Waals surface area (Å²) in [5.41, 5.74) is 8.69. The molecule has 1 saturated heterocycles. The van der Waals surface area contributed by atoms with Gasteiger partial charge in [0.15, 0.2) is 5.69 Å². The number of nitrogens with one attached hydrogen (secondary N) is 2. The standard InChI is InChI=1S/C29H40N6O4/c1-18(2)14-23(30)27(36)35(29(39)34-12-8-4-5-9-13-34)21(16-25-32-19(3)26(33-25)28(37)38)15-20-17-31-24-11-7-6-10-22(20)24/h6-7,10-11,17-18,21,23,31H,4-5,8-9,12-16,30H2,1-3H3,(H,32,33)(H,37,38)/t21-,23+/m1/s1. The van der Waals surface area contributed by atoms with E-state index in [1.165, 1.54) is 4.90 Å². The maximum atomic E-state index is 14.1. The van der Waals surface area contributed by atoms with Crippen molar-refractivity contribution in [3.05, 3.63) is 53.2 Å². The summed E-state index contributed by atoms with van der Waals surface area (Å²) >= 11 is 0. The van der Waals surface area contributed by atoms with Gasteiger partial charge in [-0.2, -0.15) is 0 Å². The number of hydrogen-bond donors (Lipinski definition) is 4. The highest BCUT2D eigenvalue weighted by Gasteiger charge is 2.37. The molecule has 3 aromatic rings. The van der Waals surface area contributed by atoms with Gasteiger partial charge in [-0.3, -0.25) is 9.69 Å². The third-order valence-electron chi connectivity index (χ3n) is 7.42. The number of para-hydroxylation sites is 1. The van der Waals surface area contributed by atoms with E-state index in [1.54, 1.807) is 11.8 Å². The molecule has 3 heterocycles. The number of aromatic amines is 2. The van der Waals surface area contributed by atoms with Crippen LogP contribution in [0.1, 0.15) is 73.5 Å². The Hall–Kier alpha value is -3.66. The number of nitrogens with zero attached hydrogens (tertiary/aromatic N) is 3. The summed E-state index contributed by atoms with van der Waals surface area (Å²) in [5.74, 6) is -0.953. The van der Waals surface area contributed by atoms with Gasteiger partial charge in [0.2, 0.25) is 5.91 Å². The van der Waals surface area contributed by atoms with Gasteiger partial charge in [-0.05, 0) is 50.2 Å². The molecule has 4 rings (SSSR count). The molecule has 5 N–H and O–H groups in total. The fraction of sp³-hybridized carbons (Fsp3) is 0.517. The second-order valence-electron chi connectivity index (χ2n) is 11.0. The summed E-state index contributed by atoms with van der Waals surface area (Å²) in [4.78, 5) is 53.5. The fourth-order valence-electron chi connectivity index (χ4n) is 5.49. The van der Waals surface area contributed by atoms with E-state index < -0.39 is 24.0 Å². The highest BCUT2D eigenvalue weighted by Crippen LogP contribution is 2.25. The Morgan fingerprint density at radius 1 is 1.10 bits per heavy atom. The minimum absolute atomic E-state index is 0.0657. The van der Waals surface area contributed by atoms with Crippen molar-refractivity contribution >= 4 is 28.8 Å². The van der Waals surface area contributed by atoms with Crippen molar-refractivity contribution in [3.8, 4) is 0 Å². The van der Waals surface area contributed by atoms with Gasteiger partial charge in [0.05, 0.1) is 12.1 Å². The van der Waals surface area contributed by atoms with Gasteiger partial charge >= 0.3 is 12.0 Å². The molecule has 1 aliphatic heterocycles. The summed E-state index contributed by atoms with van der Waals surface area (Å²) in [5, 5.41) is 10.6. The monoisotopic (exact) mass is 536 g/mol.